The summed E-state index contributed by atoms with van der Waals surface area (Å²) >= 11 is 3.27. The first kappa shape index (κ1) is 22.0. The summed E-state index contributed by atoms with van der Waals surface area (Å²) < 4.78 is 1.92. The van der Waals surface area contributed by atoms with E-state index in [1.807, 2.05) is 57.6 Å². The third-order valence-corrected chi connectivity index (χ3v) is 7.89. The molecule has 0 N–H and O–H groups in total. The first-order valence-corrected chi connectivity index (χ1v) is 13.2. The zero-order chi connectivity index (χ0) is 22.6. The monoisotopic (exact) mass is 478 g/mol. The summed E-state index contributed by atoms with van der Waals surface area (Å²) in [5.41, 5.74) is 2.93. The lowest BCUT2D eigenvalue weighted by Gasteiger charge is -2.26. The van der Waals surface area contributed by atoms with Crippen LogP contribution in [-0.2, 0) is 16.1 Å². The maximum Gasteiger partial charge on any atom is 0.247 e. The fourth-order valence-electron chi connectivity index (χ4n) is 4.28. The molecule has 8 heteroatoms. The molecule has 5 rings (SSSR count). The van der Waals surface area contributed by atoms with Crippen molar-refractivity contribution < 1.29 is 9.59 Å². The fourth-order valence-corrected chi connectivity index (χ4v) is 6.17. The normalized spacial score (nSPS) is 18.5. The summed E-state index contributed by atoms with van der Waals surface area (Å²) in [6.45, 7) is 2.28. The number of hydrogen-bond donors (Lipinski definition) is 0. The van der Waals surface area contributed by atoms with Gasteiger partial charge in [0.25, 0.3) is 0 Å². The predicted octanol–water partition coefficient (Wildman–Crippen LogP) is 4.20. The van der Waals surface area contributed by atoms with Crippen molar-refractivity contribution in [1.82, 2.24) is 19.6 Å². The second-order valence-corrected chi connectivity index (χ2v) is 10.2. The molecular weight excluding hydrogens is 452 g/mol. The second kappa shape index (κ2) is 9.97. The highest BCUT2D eigenvalue weighted by Crippen LogP contribution is 2.29. The number of carbonyl (C=O) groups excluding carboxylic acids is 2. The zero-order valence-electron chi connectivity index (χ0n) is 18.3. The lowest BCUT2D eigenvalue weighted by Crippen LogP contribution is -2.47. The Labute approximate surface area is 201 Å². The van der Waals surface area contributed by atoms with Crippen LogP contribution in [0, 0.1) is 0 Å². The Morgan fingerprint density at radius 2 is 1.91 bits per heavy atom. The van der Waals surface area contributed by atoms with Gasteiger partial charge in [-0.2, -0.15) is 5.10 Å². The molecule has 4 heterocycles. The van der Waals surface area contributed by atoms with Crippen LogP contribution in [0.5, 0.6) is 0 Å². The van der Waals surface area contributed by atoms with Crippen molar-refractivity contribution in [2.45, 2.75) is 25.4 Å². The van der Waals surface area contributed by atoms with Crippen LogP contribution in [0.1, 0.15) is 24.0 Å². The number of rotatable bonds is 6. The van der Waals surface area contributed by atoms with Crippen molar-refractivity contribution in [1.29, 1.82) is 0 Å². The zero-order valence-corrected chi connectivity index (χ0v) is 19.9. The minimum absolute atomic E-state index is 0.0919. The van der Waals surface area contributed by atoms with Crippen LogP contribution >= 0.6 is 23.1 Å². The van der Waals surface area contributed by atoms with Gasteiger partial charge in [-0.3, -0.25) is 14.3 Å². The topological polar surface area (TPSA) is 58.4 Å². The fraction of sp³-hybridized carbons (Fsp3) is 0.320. The molecule has 1 aromatic carbocycles. The minimum Gasteiger partial charge on any atom is -0.341 e. The Morgan fingerprint density at radius 1 is 1.09 bits per heavy atom. The predicted molar refractivity (Wildman–Crippen MR) is 134 cm³/mol. The van der Waals surface area contributed by atoms with E-state index in [9.17, 15) is 9.59 Å². The van der Waals surface area contributed by atoms with Gasteiger partial charge < -0.3 is 9.80 Å². The molecule has 0 saturated carbocycles. The molecule has 2 amide bonds. The average molecular weight is 479 g/mol. The van der Waals surface area contributed by atoms with E-state index >= 15 is 0 Å². The number of amides is 2. The lowest BCUT2D eigenvalue weighted by molar-refractivity contribution is -0.140. The van der Waals surface area contributed by atoms with E-state index < -0.39 is 0 Å². The highest BCUT2D eigenvalue weighted by molar-refractivity contribution is 7.99. The van der Waals surface area contributed by atoms with Crippen molar-refractivity contribution in [3.63, 3.8) is 0 Å². The first-order chi connectivity index (χ1) is 16.2. The van der Waals surface area contributed by atoms with Crippen LogP contribution in [0.2, 0.25) is 0 Å². The third kappa shape index (κ3) is 4.91. The molecule has 2 fully saturated rings. The van der Waals surface area contributed by atoms with Crippen LogP contribution < -0.4 is 0 Å². The third-order valence-electron chi connectivity index (χ3n) is 6.01. The van der Waals surface area contributed by atoms with Gasteiger partial charge in [-0.05, 0) is 35.9 Å². The van der Waals surface area contributed by atoms with E-state index in [0.29, 0.717) is 18.2 Å². The summed E-state index contributed by atoms with van der Waals surface area (Å²) in [5.74, 6) is 1.20. The molecule has 2 saturated heterocycles. The first-order valence-electron chi connectivity index (χ1n) is 11.2. The van der Waals surface area contributed by atoms with E-state index in [1.54, 1.807) is 34.1 Å². The largest absolute Gasteiger partial charge is 0.341 e. The van der Waals surface area contributed by atoms with E-state index in [0.717, 1.165) is 42.1 Å². The molecule has 6 nitrogen and oxygen atoms in total. The van der Waals surface area contributed by atoms with E-state index in [1.165, 1.54) is 5.56 Å². The molecule has 0 radical (unpaired) electrons. The van der Waals surface area contributed by atoms with Crippen LogP contribution in [0.3, 0.4) is 0 Å². The van der Waals surface area contributed by atoms with Gasteiger partial charge in [0.05, 0.1) is 17.3 Å². The highest BCUT2D eigenvalue weighted by Gasteiger charge is 2.36. The van der Waals surface area contributed by atoms with Gasteiger partial charge >= 0.3 is 0 Å². The van der Waals surface area contributed by atoms with Crippen molar-refractivity contribution >= 4 is 41.0 Å². The van der Waals surface area contributed by atoms with Crippen LogP contribution in [0.4, 0.5) is 0 Å². The lowest BCUT2D eigenvalue weighted by atomic mass is 10.2. The van der Waals surface area contributed by atoms with Crippen LogP contribution in [0.25, 0.3) is 16.6 Å². The molecule has 3 aromatic rings. The second-order valence-electron chi connectivity index (χ2n) is 8.28. The molecule has 0 bridgehead atoms. The molecule has 1 atom stereocenters. The van der Waals surface area contributed by atoms with Crippen molar-refractivity contribution in [3.05, 3.63) is 71.2 Å². The SMILES string of the molecule is O=C(C1CSCN1C(=O)/C=C/c1cn(Cc2ccccc2)nc1-c1cccs1)N1CCCC1. The van der Waals surface area contributed by atoms with Crippen LogP contribution in [-0.4, -0.2) is 62.2 Å². The van der Waals surface area contributed by atoms with Gasteiger partial charge in [-0.15, -0.1) is 23.1 Å². The molecule has 0 aliphatic carbocycles. The Bertz CT molecular complexity index is 1130. The Morgan fingerprint density at radius 3 is 2.67 bits per heavy atom. The number of hydrogen-bond acceptors (Lipinski definition) is 5. The van der Waals surface area contributed by atoms with E-state index in [-0.39, 0.29) is 17.9 Å². The number of nitrogens with zero attached hydrogens (tertiary/aromatic N) is 4. The number of aromatic nitrogens is 2. The van der Waals surface area contributed by atoms with Crippen molar-refractivity contribution in [3.8, 4) is 10.6 Å². The molecule has 2 aliphatic heterocycles. The molecule has 1 unspecified atom stereocenters. The Kier molecular flexibility index (Phi) is 6.64. The van der Waals surface area contributed by atoms with Gasteiger partial charge in [0.1, 0.15) is 11.7 Å². The Balaban J connectivity index is 1.35. The van der Waals surface area contributed by atoms with Crippen LogP contribution in [0.15, 0.2) is 60.1 Å². The Hall–Kier alpha value is -2.84. The smallest absolute Gasteiger partial charge is 0.247 e. The molecular formula is C25H26N4O2S2. The maximum absolute atomic E-state index is 13.1. The maximum atomic E-state index is 13.1. The number of thioether (sulfide) groups is 1. The van der Waals surface area contributed by atoms with Gasteiger partial charge in [0.15, 0.2) is 0 Å². The number of benzene rings is 1. The summed E-state index contributed by atoms with van der Waals surface area (Å²) in [4.78, 5) is 30.7. The number of thiophene rings is 1. The molecule has 2 aliphatic rings. The summed E-state index contributed by atoms with van der Waals surface area (Å²) in [6, 6.07) is 13.9. The van der Waals surface area contributed by atoms with Gasteiger partial charge in [-0.25, -0.2) is 0 Å². The molecule has 2 aromatic heterocycles. The summed E-state index contributed by atoms with van der Waals surface area (Å²) in [6.07, 6.45) is 7.52. The summed E-state index contributed by atoms with van der Waals surface area (Å²) in [7, 11) is 0. The number of likely N-dealkylation sites (tertiary alicyclic amines) is 1. The standard InChI is InChI=1S/C25H26N4O2S2/c30-23(29-18-32-17-21(29)25(31)27-12-4-5-13-27)11-10-20-16-28(15-19-7-2-1-3-8-19)26-24(20)22-9-6-14-33-22/h1-3,6-11,14,16,21H,4-5,12-13,15,17-18H2/b11-10+. The highest BCUT2D eigenvalue weighted by atomic mass is 32.2. The van der Waals surface area contributed by atoms with Gasteiger partial charge in [0.2, 0.25) is 11.8 Å². The molecule has 0 spiro atoms. The number of carbonyl (C=O) groups is 2. The van der Waals surface area contributed by atoms with Gasteiger partial charge in [-0.1, -0.05) is 36.4 Å². The van der Waals surface area contributed by atoms with E-state index in [4.69, 9.17) is 5.10 Å². The van der Waals surface area contributed by atoms with Gasteiger partial charge in [0, 0.05) is 36.7 Å². The van der Waals surface area contributed by atoms with Crippen molar-refractivity contribution in [2.24, 2.45) is 0 Å². The quantitative estimate of drug-likeness (QED) is 0.499. The van der Waals surface area contributed by atoms with Crippen molar-refractivity contribution in [2.75, 3.05) is 24.7 Å². The average Bonchev–Trinajstić information content (AvgIpc) is 3.63. The molecule has 33 heavy (non-hydrogen) atoms. The van der Waals surface area contributed by atoms with E-state index in [2.05, 4.69) is 12.1 Å². The minimum atomic E-state index is -0.358. The molecule has 170 valence electrons. The summed E-state index contributed by atoms with van der Waals surface area (Å²) in [5, 5.41) is 6.83.